The number of nitrogens with zero attached hydrogens (tertiary/aromatic N) is 8. The number of anilines is 1. The van der Waals surface area contributed by atoms with Gasteiger partial charge in [-0.1, -0.05) is 200 Å². The first-order valence-electron chi connectivity index (χ1n) is 23.7. The normalized spacial score (nSPS) is 13.2. The Balaban J connectivity index is 1.05. The van der Waals surface area contributed by atoms with Crippen LogP contribution in [0.4, 0.5) is 5.69 Å². The highest BCUT2D eigenvalue weighted by molar-refractivity contribution is 6.15. The van der Waals surface area contributed by atoms with Crippen LogP contribution in [-0.4, -0.2) is 45.5 Å². The van der Waals surface area contributed by atoms with Crippen LogP contribution in [0.25, 0.3) is 107 Å². The van der Waals surface area contributed by atoms with Crippen LogP contribution in [0.5, 0.6) is 0 Å². The fraction of sp³-hybridized carbons (Fsp3) is 0.0161. The van der Waals surface area contributed by atoms with E-state index in [1.165, 1.54) is 4.90 Å². The van der Waals surface area contributed by atoms with Crippen molar-refractivity contribution in [2.45, 2.75) is 6.23 Å². The summed E-state index contributed by atoms with van der Waals surface area (Å²) < 4.78 is 2.13. The molecule has 0 fully saturated rings. The molecule has 340 valence electrons. The molecule has 3 aromatic heterocycles. The summed E-state index contributed by atoms with van der Waals surface area (Å²) in [5.41, 5.74) is 10.5. The van der Waals surface area contributed by atoms with Crippen LogP contribution >= 0.6 is 0 Å². The van der Waals surface area contributed by atoms with Crippen LogP contribution in [0.1, 0.15) is 22.1 Å². The molecule has 1 amide bonds. The number of aliphatic hydroxyl groups excluding tert-OH is 1. The zero-order valence-electron chi connectivity index (χ0n) is 38.4. The molecule has 10 heteroatoms. The molecule has 0 spiro atoms. The fourth-order valence-corrected chi connectivity index (χ4v) is 9.79. The highest BCUT2D eigenvalue weighted by Crippen LogP contribution is 2.45. The minimum atomic E-state index is -1.33. The summed E-state index contributed by atoms with van der Waals surface area (Å²) in [7, 11) is 0. The van der Waals surface area contributed by atoms with E-state index in [-0.39, 0.29) is 5.91 Å². The van der Waals surface area contributed by atoms with Gasteiger partial charge < -0.3 is 9.67 Å². The molecule has 1 N–H and O–H groups in total. The van der Waals surface area contributed by atoms with E-state index >= 15 is 0 Å². The lowest BCUT2D eigenvalue weighted by Gasteiger charge is -2.25. The number of rotatable bonds is 9. The maximum Gasteiger partial charge on any atom is 0.261 e. The number of carbonyl (C=O) groups excluding carboxylic acids is 1. The summed E-state index contributed by atoms with van der Waals surface area (Å²) in [5.74, 6) is 2.87. The van der Waals surface area contributed by atoms with Crippen molar-refractivity contribution in [1.82, 2.24) is 34.5 Å². The zero-order chi connectivity index (χ0) is 48.1. The van der Waals surface area contributed by atoms with Gasteiger partial charge in [0.05, 0.1) is 22.4 Å². The third kappa shape index (κ3) is 7.38. The van der Waals surface area contributed by atoms with Gasteiger partial charge >= 0.3 is 0 Å². The number of para-hydroxylation sites is 1. The third-order valence-electron chi connectivity index (χ3n) is 13.2. The van der Waals surface area contributed by atoms with Gasteiger partial charge in [0.2, 0.25) is 0 Å². The van der Waals surface area contributed by atoms with Gasteiger partial charge in [0.25, 0.3) is 5.91 Å². The van der Waals surface area contributed by atoms with Gasteiger partial charge in [-0.3, -0.25) is 9.69 Å². The van der Waals surface area contributed by atoms with Crippen LogP contribution in [0, 0.1) is 0 Å². The van der Waals surface area contributed by atoms with Crippen molar-refractivity contribution >= 4 is 33.4 Å². The molecule has 0 saturated carbocycles. The van der Waals surface area contributed by atoms with Crippen LogP contribution in [0.3, 0.4) is 0 Å². The Morgan fingerprint density at radius 2 is 0.681 bits per heavy atom. The average molecular weight is 929 g/mol. The lowest BCUT2D eigenvalue weighted by Crippen LogP contribution is -2.28. The predicted molar refractivity (Wildman–Crippen MR) is 284 cm³/mol. The Kier molecular flexibility index (Phi) is 10.4. The first-order chi connectivity index (χ1) is 35.5. The molecule has 72 heavy (non-hydrogen) atoms. The molecule has 1 aliphatic heterocycles. The summed E-state index contributed by atoms with van der Waals surface area (Å²) in [6.07, 6.45) is -1.33. The van der Waals surface area contributed by atoms with E-state index in [4.69, 9.17) is 29.9 Å². The topological polar surface area (TPSA) is 123 Å². The Morgan fingerprint density at radius 3 is 1.11 bits per heavy atom. The fourth-order valence-electron chi connectivity index (χ4n) is 9.79. The van der Waals surface area contributed by atoms with Crippen molar-refractivity contribution < 1.29 is 9.90 Å². The largest absolute Gasteiger partial charge is 0.369 e. The van der Waals surface area contributed by atoms with E-state index in [1.807, 2.05) is 200 Å². The number of hydrogen-bond acceptors (Lipinski definition) is 8. The molecule has 10 nitrogen and oxygen atoms in total. The number of aliphatic hydroxyl groups is 1. The minimum Gasteiger partial charge on any atom is -0.369 e. The summed E-state index contributed by atoms with van der Waals surface area (Å²) in [5, 5.41) is 14.6. The second kappa shape index (κ2) is 17.6. The number of carbonyl (C=O) groups is 1. The highest BCUT2D eigenvalue weighted by Gasteiger charge is 2.40. The van der Waals surface area contributed by atoms with Gasteiger partial charge in [-0.05, 0) is 35.9 Å². The molecule has 0 bridgehead atoms. The molecule has 0 saturated heterocycles. The predicted octanol–water partition coefficient (Wildman–Crippen LogP) is 13.5. The van der Waals surface area contributed by atoms with Crippen molar-refractivity contribution in [3.05, 3.63) is 242 Å². The minimum absolute atomic E-state index is 0.302. The smallest absolute Gasteiger partial charge is 0.261 e. The Labute approximate surface area is 413 Å². The molecular weight excluding hydrogens is 889 g/mol. The first kappa shape index (κ1) is 42.3. The van der Waals surface area contributed by atoms with Gasteiger partial charge in [-0.25, -0.2) is 29.9 Å². The second-order valence-corrected chi connectivity index (χ2v) is 17.5. The lowest BCUT2D eigenvalue weighted by molar-refractivity contribution is 0.0935. The maximum atomic E-state index is 14.8. The van der Waals surface area contributed by atoms with Gasteiger partial charge in [0.15, 0.2) is 41.2 Å². The van der Waals surface area contributed by atoms with Gasteiger partial charge in [0.1, 0.15) is 0 Å². The molecular formula is C62H40N8O2. The molecule has 1 unspecified atom stereocenters. The number of aromatic nitrogens is 7. The van der Waals surface area contributed by atoms with Crippen molar-refractivity contribution in [2.24, 2.45) is 0 Å². The van der Waals surface area contributed by atoms with Crippen molar-refractivity contribution in [3.63, 3.8) is 0 Å². The summed E-state index contributed by atoms with van der Waals surface area (Å²) in [6, 6.07) is 75.3. The monoisotopic (exact) mass is 928 g/mol. The molecule has 4 heterocycles. The van der Waals surface area contributed by atoms with Crippen LogP contribution < -0.4 is 4.90 Å². The van der Waals surface area contributed by atoms with Crippen molar-refractivity contribution in [1.29, 1.82) is 0 Å². The average Bonchev–Trinajstić information content (AvgIpc) is 3.92. The zero-order valence-corrected chi connectivity index (χ0v) is 38.4. The van der Waals surface area contributed by atoms with Gasteiger partial charge in [0, 0.05) is 60.8 Å². The van der Waals surface area contributed by atoms with Gasteiger partial charge in [-0.2, -0.15) is 0 Å². The Morgan fingerprint density at radius 1 is 0.333 bits per heavy atom. The summed E-state index contributed by atoms with van der Waals surface area (Å²) in [4.78, 5) is 46.6. The number of hydrogen-bond donors (Lipinski definition) is 1. The van der Waals surface area contributed by atoms with Crippen molar-refractivity contribution in [3.8, 4) is 85.1 Å². The van der Waals surface area contributed by atoms with E-state index in [9.17, 15) is 9.90 Å². The Hall–Kier alpha value is -9.77. The van der Waals surface area contributed by atoms with Crippen LogP contribution in [-0.2, 0) is 0 Å². The second-order valence-electron chi connectivity index (χ2n) is 17.5. The first-order valence-corrected chi connectivity index (χ1v) is 23.7. The third-order valence-corrected chi connectivity index (χ3v) is 13.2. The molecule has 13 rings (SSSR count). The SMILES string of the molecule is O=C1c2cccc(-n3c4cc(-c5nc(-c6ccccc6)nc(-c6ccccc6)n5)ccc4c4ccc(-c5nc(-c6ccccc6)nc(-c6ccccc6)n5)cc43)c2C(O)N1c1ccccc1-c1ccccc1. The number of benzene rings is 9. The van der Waals surface area contributed by atoms with Gasteiger partial charge in [-0.15, -0.1) is 0 Å². The lowest BCUT2D eigenvalue weighted by atomic mass is 10.0. The molecule has 1 aliphatic rings. The molecule has 12 aromatic rings. The number of amides is 1. The summed E-state index contributed by atoms with van der Waals surface area (Å²) >= 11 is 0. The molecule has 0 radical (unpaired) electrons. The van der Waals surface area contributed by atoms with E-state index in [2.05, 4.69) is 28.8 Å². The van der Waals surface area contributed by atoms with E-state index in [0.717, 1.165) is 66.3 Å². The molecule has 0 aliphatic carbocycles. The van der Waals surface area contributed by atoms with E-state index in [0.29, 0.717) is 57.4 Å². The van der Waals surface area contributed by atoms with Crippen molar-refractivity contribution in [2.75, 3.05) is 4.90 Å². The van der Waals surface area contributed by atoms with E-state index < -0.39 is 6.23 Å². The van der Waals surface area contributed by atoms with E-state index in [1.54, 1.807) is 6.07 Å². The standard InChI is InChI=1S/C62H40N8O2/c71-61-49-30-18-32-51(54(49)62(72)70(61)50-31-17-16-29-46(50)39-19-6-1-7-20-39)69-52-37-44(59-65-55(40-21-8-2-9-22-40)63-56(66-59)41-23-10-3-11-24-41)33-35-47(52)48-36-34-45(38-53(48)69)60-67-57(42-25-12-4-13-26-42)64-58(68-60)43-27-14-5-15-28-43/h1-38,62,72H. The maximum absolute atomic E-state index is 14.8. The quantitative estimate of drug-likeness (QED) is 0.152. The summed E-state index contributed by atoms with van der Waals surface area (Å²) in [6.45, 7) is 0. The Bertz CT molecular complexity index is 3720. The molecule has 1 atom stereocenters. The van der Waals surface area contributed by atoms with Crippen LogP contribution in [0.15, 0.2) is 231 Å². The highest BCUT2D eigenvalue weighted by atomic mass is 16.3. The van der Waals surface area contributed by atoms with Crippen LogP contribution in [0.2, 0.25) is 0 Å². The number of fused-ring (bicyclic) bond motifs is 4. The molecule has 9 aromatic carbocycles.